The summed E-state index contributed by atoms with van der Waals surface area (Å²) in [5.74, 6) is 1.50. The highest BCUT2D eigenvalue weighted by Crippen LogP contribution is 2.41. The van der Waals surface area contributed by atoms with Crippen LogP contribution >= 0.6 is 11.3 Å². The second-order valence-electron chi connectivity index (χ2n) is 11.1. The fourth-order valence-electron chi connectivity index (χ4n) is 5.79. The van der Waals surface area contributed by atoms with Crippen molar-refractivity contribution >= 4 is 21.4 Å². The number of nitriles is 1. The molecular weight excluding hydrogens is 541 g/mol. The number of hydrogen-bond donors (Lipinski definition) is 1. The number of piperidine rings is 1. The minimum atomic E-state index is -3.39. The largest absolute Gasteiger partial charge is 0.490 e. The van der Waals surface area contributed by atoms with Crippen LogP contribution in [0.1, 0.15) is 69.2 Å². The predicted molar refractivity (Wildman–Crippen MR) is 161 cm³/mol. The number of aromatic nitrogens is 1. The van der Waals surface area contributed by atoms with E-state index >= 15 is 0 Å². The number of sulfonamides is 1. The maximum atomic E-state index is 13.0. The molecule has 1 aromatic heterocycles. The first-order valence-corrected chi connectivity index (χ1v) is 16.7. The molecular formula is C31H38N4O3S2. The van der Waals surface area contributed by atoms with Crippen molar-refractivity contribution in [2.75, 3.05) is 25.4 Å². The Kier molecular flexibility index (Phi) is 8.91. The number of nitrogens with one attached hydrogen (secondary N) is 1. The van der Waals surface area contributed by atoms with Gasteiger partial charge in [0.2, 0.25) is 10.0 Å². The van der Waals surface area contributed by atoms with Crippen LogP contribution in [0.3, 0.4) is 0 Å². The van der Waals surface area contributed by atoms with Gasteiger partial charge in [0, 0.05) is 24.3 Å². The van der Waals surface area contributed by atoms with Crippen LogP contribution in [0.2, 0.25) is 0 Å². The Hall–Kier alpha value is -2.77. The van der Waals surface area contributed by atoms with Gasteiger partial charge in [-0.05, 0) is 93.4 Å². The third-order valence-electron chi connectivity index (χ3n) is 8.03. The SMILES string of the molecule is CCC1CCN(CCS(=O)(=O)N[C@@H]2CCc3c(-c4cnc(-c5ccc(OC(C)C)c(C#N)c5)s4)cccc32)CC1. The molecule has 5 rings (SSSR count). The molecule has 7 nitrogen and oxygen atoms in total. The van der Waals surface area contributed by atoms with Crippen LogP contribution in [0.5, 0.6) is 5.75 Å². The Bertz CT molecular complexity index is 1480. The molecule has 40 heavy (non-hydrogen) atoms. The zero-order valence-electron chi connectivity index (χ0n) is 23.5. The lowest BCUT2D eigenvalue weighted by Crippen LogP contribution is -2.39. The van der Waals surface area contributed by atoms with Crippen LogP contribution in [0.25, 0.3) is 21.0 Å². The topological polar surface area (TPSA) is 95.3 Å². The van der Waals surface area contributed by atoms with E-state index in [1.807, 2.05) is 50.4 Å². The van der Waals surface area contributed by atoms with Gasteiger partial charge in [-0.3, -0.25) is 0 Å². The lowest BCUT2D eigenvalue weighted by Gasteiger charge is -2.31. The lowest BCUT2D eigenvalue weighted by molar-refractivity contribution is 0.190. The molecule has 1 fully saturated rings. The van der Waals surface area contributed by atoms with E-state index in [4.69, 9.17) is 4.74 Å². The maximum absolute atomic E-state index is 13.0. The van der Waals surface area contributed by atoms with E-state index in [0.29, 0.717) is 17.9 Å². The van der Waals surface area contributed by atoms with Gasteiger partial charge in [0.25, 0.3) is 0 Å². The second-order valence-corrected chi connectivity index (χ2v) is 14.0. The molecule has 9 heteroatoms. The van der Waals surface area contributed by atoms with Gasteiger partial charge >= 0.3 is 0 Å². The van der Waals surface area contributed by atoms with Gasteiger partial charge in [-0.1, -0.05) is 31.5 Å². The van der Waals surface area contributed by atoms with Crippen molar-refractivity contribution in [2.45, 2.75) is 65.0 Å². The summed E-state index contributed by atoms with van der Waals surface area (Å²) in [5, 5.41) is 10.4. The van der Waals surface area contributed by atoms with Crippen LogP contribution in [0.4, 0.5) is 0 Å². The van der Waals surface area contributed by atoms with Crippen LogP contribution in [-0.4, -0.2) is 49.8 Å². The molecule has 1 saturated heterocycles. The minimum Gasteiger partial charge on any atom is -0.490 e. The summed E-state index contributed by atoms with van der Waals surface area (Å²) in [4.78, 5) is 7.99. The molecule has 3 aromatic rings. The van der Waals surface area contributed by atoms with Crippen LogP contribution in [0.15, 0.2) is 42.6 Å². The van der Waals surface area contributed by atoms with Gasteiger partial charge in [-0.25, -0.2) is 18.1 Å². The van der Waals surface area contributed by atoms with Crippen molar-refractivity contribution in [2.24, 2.45) is 5.92 Å². The van der Waals surface area contributed by atoms with E-state index in [-0.39, 0.29) is 17.9 Å². The lowest BCUT2D eigenvalue weighted by atomic mass is 9.94. The van der Waals surface area contributed by atoms with E-state index in [1.165, 1.54) is 24.8 Å². The summed E-state index contributed by atoms with van der Waals surface area (Å²) in [5.41, 5.74) is 4.71. The molecule has 212 valence electrons. The van der Waals surface area contributed by atoms with Crippen molar-refractivity contribution < 1.29 is 13.2 Å². The van der Waals surface area contributed by atoms with Crippen molar-refractivity contribution in [3.05, 3.63) is 59.3 Å². The monoisotopic (exact) mass is 578 g/mol. The van der Waals surface area contributed by atoms with Gasteiger partial charge < -0.3 is 9.64 Å². The fourth-order valence-corrected chi connectivity index (χ4v) is 8.05. The highest BCUT2D eigenvalue weighted by molar-refractivity contribution is 7.89. The molecule has 0 unspecified atom stereocenters. The van der Waals surface area contributed by atoms with Gasteiger partial charge in [-0.15, -0.1) is 11.3 Å². The summed E-state index contributed by atoms with van der Waals surface area (Å²) in [6, 6.07) is 13.8. The molecule has 2 aliphatic rings. The van der Waals surface area contributed by atoms with Crippen LogP contribution in [0, 0.1) is 17.2 Å². The molecule has 0 saturated carbocycles. The number of hydrogen-bond acceptors (Lipinski definition) is 7. The van der Waals surface area contributed by atoms with E-state index < -0.39 is 10.0 Å². The Labute approximate surface area is 242 Å². The smallest absolute Gasteiger partial charge is 0.213 e. The third-order valence-corrected chi connectivity index (χ3v) is 10.5. The molecule has 0 spiro atoms. The first kappa shape index (κ1) is 28.7. The van der Waals surface area contributed by atoms with Gasteiger partial charge in [0.1, 0.15) is 16.8 Å². The predicted octanol–water partition coefficient (Wildman–Crippen LogP) is 6.16. The Morgan fingerprint density at radius 3 is 2.73 bits per heavy atom. The number of nitrogens with zero attached hydrogens (tertiary/aromatic N) is 3. The van der Waals surface area contributed by atoms with Crippen molar-refractivity contribution in [1.82, 2.24) is 14.6 Å². The zero-order chi connectivity index (χ0) is 28.3. The number of likely N-dealkylation sites (tertiary alicyclic amines) is 1. The molecule has 1 atom stereocenters. The molecule has 0 bridgehead atoms. The molecule has 2 aromatic carbocycles. The highest BCUT2D eigenvalue weighted by Gasteiger charge is 2.29. The third kappa shape index (κ3) is 6.58. The van der Waals surface area contributed by atoms with E-state index in [2.05, 4.69) is 33.7 Å². The summed E-state index contributed by atoms with van der Waals surface area (Å²) in [6.45, 7) is 8.69. The summed E-state index contributed by atoms with van der Waals surface area (Å²) in [7, 11) is -3.39. The molecule has 0 amide bonds. The fraction of sp³-hybridized carbons (Fsp3) is 0.484. The quantitative estimate of drug-likeness (QED) is 0.309. The average Bonchev–Trinajstić information content (AvgIpc) is 3.60. The second kappa shape index (κ2) is 12.4. The minimum absolute atomic E-state index is 0.0127. The standard InChI is InChI=1S/C31H38N4O3S2/c1-4-22-12-14-35(15-13-22)16-17-40(36,37)34-28-10-9-25-26(28)6-5-7-27(25)30-20-33-31(39-30)23-8-11-29(38-21(2)3)24(18-23)19-32/h5-8,11,18,20-22,28,34H,4,9-10,12-17H2,1-3H3/t28-/m1/s1. The molecule has 1 aliphatic carbocycles. The van der Waals surface area contributed by atoms with Crippen molar-refractivity contribution in [3.63, 3.8) is 0 Å². The number of benzene rings is 2. The first-order chi connectivity index (χ1) is 19.3. The van der Waals surface area contributed by atoms with E-state index in [0.717, 1.165) is 58.4 Å². The summed E-state index contributed by atoms with van der Waals surface area (Å²) >= 11 is 1.58. The van der Waals surface area contributed by atoms with Crippen LogP contribution in [-0.2, 0) is 16.4 Å². The molecule has 0 radical (unpaired) electrons. The average molecular weight is 579 g/mol. The maximum Gasteiger partial charge on any atom is 0.213 e. The Balaban J connectivity index is 1.28. The molecule has 2 heterocycles. The van der Waals surface area contributed by atoms with Crippen LogP contribution < -0.4 is 9.46 Å². The number of fused-ring (bicyclic) bond motifs is 1. The molecule has 1 N–H and O–H groups in total. The Morgan fingerprint density at radius 2 is 2.00 bits per heavy atom. The summed E-state index contributed by atoms with van der Waals surface area (Å²) < 4.78 is 34.8. The summed E-state index contributed by atoms with van der Waals surface area (Å²) in [6.07, 6.45) is 6.97. The van der Waals surface area contributed by atoms with Gasteiger partial charge in [0.15, 0.2) is 0 Å². The van der Waals surface area contributed by atoms with E-state index in [9.17, 15) is 13.7 Å². The van der Waals surface area contributed by atoms with Crippen molar-refractivity contribution in [3.8, 4) is 32.8 Å². The first-order valence-electron chi connectivity index (χ1n) is 14.3. The molecule has 1 aliphatic heterocycles. The normalized spacial score (nSPS) is 18.1. The highest BCUT2D eigenvalue weighted by atomic mass is 32.2. The van der Waals surface area contributed by atoms with Crippen molar-refractivity contribution in [1.29, 1.82) is 5.26 Å². The zero-order valence-corrected chi connectivity index (χ0v) is 25.2. The number of ether oxygens (including phenoxy) is 1. The Morgan fingerprint density at radius 1 is 1.20 bits per heavy atom. The number of thiazole rings is 1. The van der Waals surface area contributed by atoms with Gasteiger partial charge in [0.05, 0.1) is 22.3 Å². The van der Waals surface area contributed by atoms with Gasteiger partial charge in [-0.2, -0.15) is 5.26 Å². The van der Waals surface area contributed by atoms with E-state index in [1.54, 1.807) is 11.3 Å². The number of rotatable bonds is 10.